The van der Waals surface area contributed by atoms with Gasteiger partial charge in [0.2, 0.25) is 0 Å². The van der Waals surface area contributed by atoms with Crippen molar-refractivity contribution < 1.29 is 22.7 Å². The lowest BCUT2D eigenvalue weighted by molar-refractivity contribution is -0.209. The van der Waals surface area contributed by atoms with Gasteiger partial charge in [-0.3, -0.25) is 9.69 Å². The molecule has 0 spiro atoms. The molecule has 3 nitrogen and oxygen atoms in total. The number of carbonyl (C=O) groups is 1. The van der Waals surface area contributed by atoms with Crippen molar-refractivity contribution in [2.24, 2.45) is 5.92 Å². The Morgan fingerprint density at radius 2 is 1.94 bits per heavy atom. The van der Waals surface area contributed by atoms with Gasteiger partial charge in [0.1, 0.15) is 11.8 Å². The van der Waals surface area contributed by atoms with E-state index in [-0.39, 0.29) is 38.3 Å². The minimum absolute atomic E-state index is 0.0621. The Hall–Kier alpha value is -0.620. The summed E-state index contributed by atoms with van der Waals surface area (Å²) in [5.74, 6) is -0.431. The van der Waals surface area contributed by atoms with Gasteiger partial charge in [0.05, 0.1) is 6.61 Å². The van der Waals surface area contributed by atoms with Gasteiger partial charge in [-0.25, -0.2) is 0 Å². The third-order valence-corrected chi connectivity index (χ3v) is 3.73. The van der Waals surface area contributed by atoms with Crippen LogP contribution >= 0.6 is 0 Å². The Bertz CT molecular complexity index is 290. The molecule has 2 aliphatic heterocycles. The fraction of sp³-hybridized carbons (Fsp3) is 0.917. The second-order valence-corrected chi connectivity index (χ2v) is 5.04. The zero-order valence-electron chi connectivity index (χ0n) is 10.2. The van der Waals surface area contributed by atoms with E-state index in [1.54, 1.807) is 0 Å². The van der Waals surface area contributed by atoms with Crippen LogP contribution in [0.5, 0.6) is 0 Å². The van der Waals surface area contributed by atoms with Gasteiger partial charge in [-0.2, -0.15) is 13.2 Å². The van der Waals surface area contributed by atoms with Crippen LogP contribution in [-0.4, -0.2) is 49.2 Å². The molecular weight excluding hydrogens is 247 g/mol. The number of rotatable bonds is 2. The van der Waals surface area contributed by atoms with E-state index < -0.39 is 18.1 Å². The first kappa shape index (κ1) is 13.8. The normalized spacial score (nSPS) is 29.3. The SMILES string of the molecule is O=C1CCN(C(C2CCCOC2)C(F)(F)F)CC1. The number of carbonyl (C=O) groups excluding carboxylic acids is 1. The molecule has 0 amide bonds. The first-order valence-electron chi connectivity index (χ1n) is 6.38. The molecule has 2 rings (SSSR count). The maximum Gasteiger partial charge on any atom is 0.404 e. The molecule has 6 heteroatoms. The summed E-state index contributed by atoms with van der Waals surface area (Å²) >= 11 is 0. The third-order valence-electron chi connectivity index (χ3n) is 3.73. The lowest BCUT2D eigenvalue weighted by atomic mass is 9.90. The van der Waals surface area contributed by atoms with Crippen LogP contribution in [0.1, 0.15) is 25.7 Å². The van der Waals surface area contributed by atoms with E-state index >= 15 is 0 Å². The first-order valence-corrected chi connectivity index (χ1v) is 6.38. The highest BCUT2D eigenvalue weighted by Gasteiger charge is 2.48. The highest BCUT2D eigenvalue weighted by Crippen LogP contribution is 2.35. The molecule has 2 saturated heterocycles. The van der Waals surface area contributed by atoms with E-state index in [1.807, 2.05) is 0 Å². The Balaban J connectivity index is 2.07. The van der Waals surface area contributed by atoms with Crippen molar-refractivity contribution in [3.05, 3.63) is 0 Å². The monoisotopic (exact) mass is 265 g/mol. The predicted molar refractivity (Wildman–Crippen MR) is 59.2 cm³/mol. The molecule has 0 N–H and O–H groups in total. The number of hydrogen-bond donors (Lipinski definition) is 0. The fourth-order valence-electron chi connectivity index (χ4n) is 2.84. The van der Waals surface area contributed by atoms with Crippen molar-refractivity contribution in [1.29, 1.82) is 0 Å². The van der Waals surface area contributed by atoms with Crippen LogP contribution in [0.15, 0.2) is 0 Å². The number of hydrogen-bond acceptors (Lipinski definition) is 3. The van der Waals surface area contributed by atoms with Crippen LogP contribution in [0.2, 0.25) is 0 Å². The number of nitrogens with zero attached hydrogens (tertiary/aromatic N) is 1. The third kappa shape index (κ3) is 3.23. The molecule has 0 aromatic carbocycles. The zero-order chi connectivity index (χ0) is 13.2. The maximum atomic E-state index is 13.2. The van der Waals surface area contributed by atoms with Crippen LogP contribution in [0.25, 0.3) is 0 Å². The molecular formula is C12H18F3NO2. The smallest absolute Gasteiger partial charge is 0.381 e. The molecule has 0 aliphatic carbocycles. The number of ether oxygens (including phenoxy) is 1. The molecule has 0 bridgehead atoms. The average molecular weight is 265 g/mol. The van der Waals surface area contributed by atoms with Crippen LogP contribution in [0.3, 0.4) is 0 Å². The highest BCUT2D eigenvalue weighted by molar-refractivity contribution is 5.79. The van der Waals surface area contributed by atoms with Crippen LogP contribution in [0, 0.1) is 5.92 Å². The van der Waals surface area contributed by atoms with Gasteiger partial charge in [-0.1, -0.05) is 0 Å². The molecule has 0 aromatic heterocycles. The topological polar surface area (TPSA) is 29.5 Å². The second kappa shape index (κ2) is 5.57. The van der Waals surface area contributed by atoms with E-state index in [1.165, 1.54) is 4.90 Å². The van der Waals surface area contributed by atoms with Gasteiger partial charge in [0.25, 0.3) is 0 Å². The quantitative estimate of drug-likeness (QED) is 0.765. The minimum atomic E-state index is -4.24. The summed E-state index contributed by atoms with van der Waals surface area (Å²) in [6, 6.07) is -1.45. The molecule has 18 heavy (non-hydrogen) atoms. The molecule has 0 aromatic rings. The summed E-state index contributed by atoms with van der Waals surface area (Å²) < 4.78 is 44.8. The van der Waals surface area contributed by atoms with Crippen molar-refractivity contribution in [3.63, 3.8) is 0 Å². The minimum Gasteiger partial charge on any atom is -0.381 e. The second-order valence-electron chi connectivity index (χ2n) is 5.04. The number of Topliss-reactive ketones (excluding diaryl/α,β-unsaturated/α-hetero) is 1. The van der Waals surface area contributed by atoms with E-state index in [9.17, 15) is 18.0 Å². The standard InChI is InChI=1S/C12H18F3NO2/c13-12(14,15)11(9-2-1-7-18-8-9)16-5-3-10(17)4-6-16/h9,11H,1-8H2. The number of alkyl halides is 3. The number of halogens is 3. The lowest BCUT2D eigenvalue weighted by Crippen LogP contribution is -2.54. The summed E-state index contributed by atoms with van der Waals surface area (Å²) in [5, 5.41) is 0. The molecule has 2 aliphatic rings. The Morgan fingerprint density at radius 3 is 2.44 bits per heavy atom. The Morgan fingerprint density at radius 1 is 1.28 bits per heavy atom. The van der Waals surface area contributed by atoms with Crippen LogP contribution in [-0.2, 0) is 9.53 Å². The number of ketones is 1. The van der Waals surface area contributed by atoms with Gasteiger partial charge >= 0.3 is 6.18 Å². The summed E-state index contributed by atoms with van der Waals surface area (Å²) in [4.78, 5) is 12.5. The van der Waals surface area contributed by atoms with Crippen LogP contribution in [0.4, 0.5) is 13.2 Å². The molecule has 2 heterocycles. The van der Waals surface area contributed by atoms with Gasteiger partial charge in [0.15, 0.2) is 0 Å². The fourth-order valence-corrected chi connectivity index (χ4v) is 2.84. The average Bonchev–Trinajstić information content (AvgIpc) is 2.32. The number of likely N-dealkylation sites (tertiary alicyclic amines) is 1. The molecule has 0 saturated carbocycles. The van der Waals surface area contributed by atoms with E-state index in [2.05, 4.69) is 0 Å². The zero-order valence-corrected chi connectivity index (χ0v) is 10.2. The lowest BCUT2D eigenvalue weighted by Gasteiger charge is -2.40. The Labute approximate surface area is 104 Å². The van der Waals surface area contributed by atoms with Crippen LogP contribution < -0.4 is 0 Å². The van der Waals surface area contributed by atoms with Gasteiger partial charge in [0, 0.05) is 38.5 Å². The van der Waals surface area contributed by atoms with Crippen molar-refractivity contribution in [2.75, 3.05) is 26.3 Å². The Kier molecular flexibility index (Phi) is 4.27. The summed E-state index contributed by atoms with van der Waals surface area (Å²) in [7, 11) is 0. The molecule has 2 fully saturated rings. The van der Waals surface area contributed by atoms with E-state index in [0.29, 0.717) is 19.4 Å². The van der Waals surface area contributed by atoms with Crippen molar-refractivity contribution >= 4 is 5.78 Å². The highest BCUT2D eigenvalue weighted by atomic mass is 19.4. The van der Waals surface area contributed by atoms with E-state index in [0.717, 1.165) is 0 Å². The molecule has 2 unspecified atom stereocenters. The largest absolute Gasteiger partial charge is 0.404 e. The van der Waals surface area contributed by atoms with Gasteiger partial charge < -0.3 is 4.74 Å². The van der Waals surface area contributed by atoms with Crippen molar-refractivity contribution in [1.82, 2.24) is 4.90 Å². The van der Waals surface area contributed by atoms with Crippen molar-refractivity contribution in [2.45, 2.75) is 37.9 Å². The van der Waals surface area contributed by atoms with Gasteiger partial charge in [-0.15, -0.1) is 0 Å². The summed E-state index contributed by atoms with van der Waals surface area (Å²) in [6.45, 7) is 1.17. The molecule has 2 atom stereocenters. The van der Waals surface area contributed by atoms with Gasteiger partial charge in [-0.05, 0) is 12.8 Å². The van der Waals surface area contributed by atoms with E-state index in [4.69, 9.17) is 4.74 Å². The summed E-state index contributed by atoms with van der Waals surface area (Å²) in [5.41, 5.74) is 0. The molecule has 0 radical (unpaired) electrons. The maximum absolute atomic E-state index is 13.2. The predicted octanol–water partition coefficient (Wildman–Crippen LogP) is 2.01. The first-order chi connectivity index (χ1) is 8.48. The summed E-state index contributed by atoms with van der Waals surface area (Å²) in [6.07, 6.45) is -2.54. The molecule has 104 valence electrons. The van der Waals surface area contributed by atoms with Crippen molar-refractivity contribution in [3.8, 4) is 0 Å². The number of piperidine rings is 1.